The van der Waals surface area contributed by atoms with Gasteiger partial charge >= 0.3 is 0 Å². The van der Waals surface area contributed by atoms with Gasteiger partial charge in [-0.3, -0.25) is 5.32 Å². The van der Waals surface area contributed by atoms with Crippen molar-refractivity contribution >= 4 is 0 Å². The van der Waals surface area contributed by atoms with Crippen LogP contribution in [0.5, 0.6) is 0 Å². The predicted molar refractivity (Wildman–Crippen MR) is 88.1 cm³/mol. The van der Waals surface area contributed by atoms with Crippen LogP contribution >= 0.6 is 0 Å². The van der Waals surface area contributed by atoms with E-state index in [1.54, 1.807) is 0 Å². The van der Waals surface area contributed by atoms with Crippen molar-refractivity contribution in [2.75, 3.05) is 6.61 Å². The average Bonchev–Trinajstić information content (AvgIpc) is 2.50. The van der Waals surface area contributed by atoms with Gasteiger partial charge in [-0.2, -0.15) is 5.26 Å². The van der Waals surface area contributed by atoms with Gasteiger partial charge in [-0.05, 0) is 51.9 Å². The zero-order chi connectivity index (χ0) is 15.7. The first-order valence-electron chi connectivity index (χ1n) is 8.87. The minimum absolute atomic E-state index is 0.341. The van der Waals surface area contributed by atoms with E-state index < -0.39 is 0 Å². The fourth-order valence-electron chi connectivity index (χ4n) is 3.54. The van der Waals surface area contributed by atoms with E-state index in [0.29, 0.717) is 12.1 Å². The van der Waals surface area contributed by atoms with Crippen LogP contribution in [0.2, 0.25) is 0 Å². The van der Waals surface area contributed by atoms with Gasteiger partial charge in [0.15, 0.2) is 0 Å². The lowest BCUT2D eigenvalue weighted by Gasteiger charge is -2.32. The second kappa shape index (κ2) is 9.43. The lowest BCUT2D eigenvalue weighted by atomic mass is 9.84. The van der Waals surface area contributed by atoms with Gasteiger partial charge in [0.2, 0.25) is 0 Å². The Kier molecular flexibility index (Phi) is 8.29. The zero-order valence-electron chi connectivity index (χ0n) is 14.5. The van der Waals surface area contributed by atoms with Crippen molar-refractivity contribution in [2.45, 2.75) is 96.7 Å². The maximum atomic E-state index is 9.50. The summed E-state index contributed by atoms with van der Waals surface area (Å²) in [5.41, 5.74) is -0.381. The van der Waals surface area contributed by atoms with E-state index in [9.17, 15) is 5.26 Å². The molecule has 1 N–H and O–H groups in total. The van der Waals surface area contributed by atoms with Crippen molar-refractivity contribution in [2.24, 2.45) is 5.92 Å². The SMILES string of the molecule is CCC1CCCCC1OCCCC(C#N)(CC)NC(C)C. The highest BCUT2D eigenvalue weighted by Gasteiger charge is 2.28. The van der Waals surface area contributed by atoms with Crippen molar-refractivity contribution in [1.82, 2.24) is 5.32 Å². The minimum Gasteiger partial charge on any atom is -0.378 e. The Labute approximate surface area is 131 Å². The molecule has 3 unspecified atom stereocenters. The highest BCUT2D eigenvalue weighted by Crippen LogP contribution is 2.29. The molecule has 1 aliphatic rings. The number of nitriles is 1. The van der Waals surface area contributed by atoms with Crippen LogP contribution < -0.4 is 5.32 Å². The maximum absolute atomic E-state index is 9.50. The number of rotatable bonds is 9. The topological polar surface area (TPSA) is 45.0 Å². The van der Waals surface area contributed by atoms with Gasteiger partial charge in [0.05, 0.1) is 12.2 Å². The van der Waals surface area contributed by atoms with Gasteiger partial charge in [-0.1, -0.05) is 33.1 Å². The lowest BCUT2D eigenvalue weighted by Crippen LogP contribution is -2.47. The number of nitrogens with zero attached hydrogens (tertiary/aromatic N) is 1. The second-order valence-electron chi connectivity index (χ2n) is 6.81. The van der Waals surface area contributed by atoms with Crippen molar-refractivity contribution in [3.05, 3.63) is 0 Å². The quantitative estimate of drug-likeness (QED) is 0.640. The summed E-state index contributed by atoms with van der Waals surface area (Å²) in [6.07, 6.45) is 9.61. The summed E-state index contributed by atoms with van der Waals surface area (Å²) in [4.78, 5) is 0. The van der Waals surface area contributed by atoms with Crippen LogP contribution in [0.25, 0.3) is 0 Å². The third-order valence-electron chi connectivity index (χ3n) is 4.83. The largest absolute Gasteiger partial charge is 0.378 e. The van der Waals surface area contributed by atoms with Crippen LogP contribution in [0.15, 0.2) is 0 Å². The summed E-state index contributed by atoms with van der Waals surface area (Å²) in [6, 6.07) is 2.83. The molecular weight excluding hydrogens is 260 g/mol. The molecule has 0 saturated heterocycles. The van der Waals surface area contributed by atoms with Crippen LogP contribution in [0, 0.1) is 17.2 Å². The first kappa shape index (κ1) is 18.5. The van der Waals surface area contributed by atoms with Gasteiger partial charge in [-0.15, -0.1) is 0 Å². The molecule has 0 aromatic carbocycles. The monoisotopic (exact) mass is 294 g/mol. The molecule has 1 fully saturated rings. The molecule has 0 amide bonds. The number of nitrogens with one attached hydrogen (secondary N) is 1. The lowest BCUT2D eigenvalue weighted by molar-refractivity contribution is -0.0148. The Balaban J connectivity index is 2.35. The van der Waals surface area contributed by atoms with Crippen molar-refractivity contribution < 1.29 is 4.74 Å². The molecule has 3 nitrogen and oxygen atoms in total. The zero-order valence-corrected chi connectivity index (χ0v) is 14.5. The standard InChI is InChI=1S/C18H34N2O/c1-5-16-10-7-8-11-17(16)21-13-9-12-18(6-2,14-19)20-15(3)4/h15-17,20H,5-13H2,1-4H3. The summed E-state index contributed by atoms with van der Waals surface area (Å²) < 4.78 is 6.14. The van der Waals surface area contributed by atoms with Gasteiger partial charge in [0.1, 0.15) is 5.54 Å². The highest BCUT2D eigenvalue weighted by molar-refractivity contribution is 5.06. The summed E-state index contributed by atoms with van der Waals surface area (Å²) in [6.45, 7) is 9.37. The molecule has 0 spiro atoms. The Morgan fingerprint density at radius 3 is 2.57 bits per heavy atom. The summed E-state index contributed by atoms with van der Waals surface area (Å²) >= 11 is 0. The molecule has 21 heavy (non-hydrogen) atoms. The van der Waals surface area contributed by atoms with Gasteiger partial charge in [-0.25, -0.2) is 0 Å². The molecule has 0 bridgehead atoms. The molecule has 0 heterocycles. The van der Waals surface area contributed by atoms with E-state index in [4.69, 9.17) is 4.74 Å². The molecule has 1 rings (SSSR count). The highest BCUT2D eigenvalue weighted by atomic mass is 16.5. The van der Waals surface area contributed by atoms with Crippen LogP contribution in [0.3, 0.4) is 0 Å². The van der Waals surface area contributed by atoms with Gasteiger partial charge in [0.25, 0.3) is 0 Å². The minimum atomic E-state index is -0.381. The molecule has 0 aromatic rings. The van der Waals surface area contributed by atoms with Gasteiger partial charge in [0, 0.05) is 12.6 Å². The third kappa shape index (κ3) is 5.96. The first-order valence-corrected chi connectivity index (χ1v) is 8.87. The molecule has 0 aromatic heterocycles. The predicted octanol–water partition coefficient (Wildman–Crippen LogP) is 4.42. The molecule has 122 valence electrons. The fourth-order valence-corrected chi connectivity index (χ4v) is 3.54. The molecule has 1 saturated carbocycles. The molecule has 1 aliphatic carbocycles. The Morgan fingerprint density at radius 2 is 2.00 bits per heavy atom. The summed E-state index contributed by atoms with van der Waals surface area (Å²) in [5, 5.41) is 12.9. The Bertz CT molecular complexity index is 324. The smallest absolute Gasteiger partial charge is 0.106 e. The number of hydrogen-bond donors (Lipinski definition) is 1. The average molecular weight is 294 g/mol. The van der Waals surface area contributed by atoms with E-state index in [1.807, 2.05) is 0 Å². The fraction of sp³-hybridized carbons (Fsp3) is 0.944. The Morgan fingerprint density at radius 1 is 1.29 bits per heavy atom. The summed E-state index contributed by atoms with van der Waals surface area (Å²) in [5.74, 6) is 0.749. The van der Waals surface area contributed by atoms with E-state index in [2.05, 4.69) is 39.1 Å². The molecule has 0 radical (unpaired) electrons. The van der Waals surface area contributed by atoms with Crippen LogP contribution in [-0.4, -0.2) is 24.3 Å². The molecule has 3 atom stereocenters. The van der Waals surface area contributed by atoms with Crippen LogP contribution in [-0.2, 0) is 4.74 Å². The van der Waals surface area contributed by atoms with Crippen molar-refractivity contribution in [3.8, 4) is 6.07 Å². The number of hydrogen-bond acceptors (Lipinski definition) is 3. The second-order valence-corrected chi connectivity index (χ2v) is 6.81. The van der Waals surface area contributed by atoms with Gasteiger partial charge < -0.3 is 4.74 Å². The van der Waals surface area contributed by atoms with Crippen LogP contribution in [0.1, 0.15) is 79.1 Å². The number of ether oxygens (including phenoxy) is 1. The van der Waals surface area contributed by atoms with E-state index >= 15 is 0 Å². The first-order chi connectivity index (χ1) is 10.1. The molecule has 3 heteroatoms. The van der Waals surface area contributed by atoms with Crippen LogP contribution in [0.4, 0.5) is 0 Å². The normalized spacial score (nSPS) is 25.5. The van der Waals surface area contributed by atoms with E-state index in [-0.39, 0.29) is 5.54 Å². The molecule has 0 aliphatic heterocycles. The van der Waals surface area contributed by atoms with E-state index in [0.717, 1.165) is 31.8 Å². The van der Waals surface area contributed by atoms with Crippen molar-refractivity contribution in [1.29, 1.82) is 5.26 Å². The summed E-state index contributed by atoms with van der Waals surface area (Å²) in [7, 11) is 0. The van der Waals surface area contributed by atoms with E-state index in [1.165, 1.54) is 32.1 Å². The Hall–Kier alpha value is -0.590. The maximum Gasteiger partial charge on any atom is 0.106 e. The molecular formula is C18H34N2O. The van der Waals surface area contributed by atoms with Crippen molar-refractivity contribution in [3.63, 3.8) is 0 Å². The third-order valence-corrected chi connectivity index (χ3v) is 4.83.